The van der Waals surface area contributed by atoms with E-state index in [9.17, 15) is 14.7 Å². The molecule has 0 amide bonds. The fourth-order valence-electron chi connectivity index (χ4n) is 2.23. The molecule has 0 aliphatic heterocycles. The molecule has 4 heteroatoms. The Morgan fingerprint density at radius 1 is 1.14 bits per heavy atom. The van der Waals surface area contributed by atoms with E-state index in [0.717, 1.165) is 11.3 Å². The Labute approximate surface area is 124 Å². The number of carbonyl (C=O) groups is 2. The second-order valence-electron chi connectivity index (χ2n) is 5.24. The Kier molecular flexibility index (Phi) is 4.58. The molecule has 1 aromatic rings. The number of nitrogens with one attached hydrogen (secondary N) is 1. The standard InChI is InChI=1S/C17H19NO3/c1-11-6-7-13(10-12(11)2)18-9-8-16(21)17-14(19)4-3-5-15(17)20/h6-10,18,21H,3-5H2,1-2H3/b9-8+. The van der Waals surface area contributed by atoms with Crippen LogP contribution in [0.5, 0.6) is 0 Å². The van der Waals surface area contributed by atoms with E-state index in [0.29, 0.717) is 19.3 Å². The van der Waals surface area contributed by atoms with Crippen LogP contribution in [0.4, 0.5) is 5.69 Å². The van der Waals surface area contributed by atoms with E-state index in [1.807, 2.05) is 32.0 Å². The lowest BCUT2D eigenvalue weighted by atomic mass is 9.91. The van der Waals surface area contributed by atoms with Crippen LogP contribution in [0.1, 0.15) is 30.4 Å². The van der Waals surface area contributed by atoms with Gasteiger partial charge in [0, 0.05) is 24.7 Å². The number of ketones is 2. The molecule has 1 fully saturated rings. The average Bonchev–Trinajstić information content (AvgIpc) is 2.42. The van der Waals surface area contributed by atoms with Crippen LogP contribution >= 0.6 is 0 Å². The molecule has 0 bridgehead atoms. The van der Waals surface area contributed by atoms with E-state index in [-0.39, 0.29) is 22.9 Å². The number of aryl methyl sites for hydroxylation is 2. The number of carbonyl (C=O) groups excluding carboxylic acids is 2. The number of anilines is 1. The number of aliphatic hydroxyl groups excluding tert-OH is 1. The van der Waals surface area contributed by atoms with Gasteiger partial charge in [-0.25, -0.2) is 0 Å². The lowest BCUT2D eigenvalue weighted by molar-refractivity contribution is -0.124. The van der Waals surface area contributed by atoms with Gasteiger partial charge in [0.25, 0.3) is 0 Å². The summed E-state index contributed by atoms with van der Waals surface area (Å²) in [6.07, 6.45) is 4.10. The lowest BCUT2D eigenvalue weighted by Gasteiger charge is -2.12. The van der Waals surface area contributed by atoms with Crippen LogP contribution in [0, 0.1) is 13.8 Å². The number of hydrogen-bond acceptors (Lipinski definition) is 4. The fraction of sp³-hybridized carbons (Fsp3) is 0.294. The van der Waals surface area contributed by atoms with Crippen molar-refractivity contribution in [3.05, 3.63) is 52.9 Å². The molecule has 0 unspecified atom stereocenters. The van der Waals surface area contributed by atoms with Crippen molar-refractivity contribution in [2.45, 2.75) is 33.1 Å². The van der Waals surface area contributed by atoms with Gasteiger partial charge in [0.2, 0.25) is 0 Å². The third kappa shape index (κ3) is 3.60. The minimum Gasteiger partial charge on any atom is -0.507 e. The Balaban J connectivity index is 2.11. The molecule has 0 heterocycles. The van der Waals surface area contributed by atoms with E-state index in [1.165, 1.54) is 17.8 Å². The van der Waals surface area contributed by atoms with Crippen molar-refractivity contribution in [3.63, 3.8) is 0 Å². The highest BCUT2D eigenvalue weighted by Gasteiger charge is 2.25. The van der Waals surface area contributed by atoms with Gasteiger partial charge >= 0.3 is 0 Å². The molecule has 110 valence electrons. The Morgan fingerprint density at radius 3 is 2.43 bits per heavy atom. The second kappa shape index (κ2) is 6.39. The highest BCUT2D eigenvalue weighted by molar-refractivity contribution is 6.22. The first kappa shape index (κ1) is 15.0. The average molecular weight is 285 g/mol. The highest BCUT2D eigenvalue weighted by atomic mass is 16.3. The smallest absolute Gasteiger partial charge is 0.170 e. The SMILES string of the molecule is Cc1ccc(N/C=C/C(O)=C2C(=O)CCCC2=O)cc1C. The number of hydrogen-bond donors (Lipinski definition) is 2. The summed E-state index contributed by atoms with van der Waals surface area (Å²) >= 11 is 0. The van der Waals surface area contributed by atoms with Crippen LogP contribution in [0.3, 0.4) is 0 Å². The molecule has 4 nitrogen and oxygen atoms in total. The highest BCUT2D eigenvalue weighted by Crippen LogP contribution is 2.20. The molecule has 0 aromatic heterocycles. The first-order valence-electron chi connectivity index (χ1n) is 6.99. The van der Waals surface area contributed by atoms with Crippen molar-refractivity contribution in [2.75, 3.05) is 5.32 Å². The second-order valence-corrected chi connectivity index (χ2v) is 5.24. The van der Waals surface area contributed by atoms with Gasteiger partial charge in [0.1, 0.15) is 11.3 Å². The van der Waals surface area contributed by atoms with Crippen molar-refractivity contribution in [2.24, 2.45) is 0 Å². The maximum Gasteiger partial charge on any atom is 0.170 e. The number of benzene rings is 1. The molecule has 0 spiro atoms. The summed E-state index contributed by atoms with van der Waals surface area (Å²) in [5, 5.41) is 12.9. The monoisotopic (exact) mass is 285 g/mol. The summed E-state index contributed by atoms with van der Waals surface area (Å²) in [5.74, 6) is -0.819. The Bertz CT molecular complexity index is 623. The van der Waals surface area contributed by atoms with Gasteiger partial charge in [-0.1, -0.05) is 6.07 Å². The maximum atomic E-state index is 11.7. The number of Topliss-reactive ketones (excluding diaryl/α,β-unsaturated/α-hetero) is 2. The van der Waals surface area contributed by atoms with E-state index in [4.69, 9.17) is 0 Å². The van der Waals surface area contributed by atoms with Gasteiger partial charge < -0.3 is 10.4 Å². The molecule has 0 saturated heterocycles. The van der Waals surface area contributed by atoms with E-state index in [2.05, 4.69) is 5.32 Å². The molecule has 2 N–H and O–H groups in total. The van der Waals surface area contributed by atoms with Gasteiger partial charge in [-0.05, 0) is 49.6 Å². The molecule has 1 aromatic carbocycles. The van der Waals surface area contributed by atoms with Gasteiger partial charge in [-0.3, -0.25) is 9.59 Å². The summed E-state index contributed by atoms with van der Waals surface area (Å²) < 4.78 is 0. The summed E-state index contributed by atoms with van der Waals surface area (Å²) in [7, 11) is 0. The van der Waals surface area contributed by atoms with Gasteiger partial charge in [0.15, 0.2) is 11.6 Å². The Hall–Kier alpha value is -2.36. The fourth-order valence-corrected chi connectivity index (χ4v) is 2.23. The molecular weight excluding hydrogens is 266 g/mol. The first-order valence-corrected chi connectivity index (χ1v) is 6.99. The number of aliphatic hydroxyl groups is 1. The molecular formula is C17H19NO3. The normalized spacial score (nSPS) is 15.6. The molecule has 1 saturated carbocycles. The van der Waals surface area contributed by atoms with Crippen LogP contribution in [-0.2, 0) is 9.59 Å². The third-order valence-corrected chi connectivity index (χ3v) is 3.62. The summed E-state index contributed by atoms with van der Waals surface area (Å²) in [5.41, 5.74) is 3.18. The first-order chi connectivity index (χ1) is 9.99. The third-order valence-electron chi connectivity index (χ3n) is 3.62. The molecule has 1 aliphatic carbocycles. The van der Waals surface area contributed by atoms with Crippen molar-refractivity contribution in [1.29, 1.82) is 0 Å². The zero-order valence-electron chi connectivity index (χ0n) is 12.3. The van der Waals surface area contributed by atoms with Crippen molar-refractivity contribution < 1.29 is 14.7 Å². The van der Waals surface area contributed by atoms with E-state index >= 15 is 0 Å². The molecule has 0 radical (unpaired) electrons. The van der Waals surface area contributed by atoms with Crippen LogP contribution < -0.4 is 5.32 Å². The zero-order valence-corrected chi connectivity index (χ0v) is 12.3. The number of allylic oxidation sites excluding steroid dienone is 2. The molecule has 2 rings (SSSR count). The molecule has 21 heavy (non-hydrogen) atoms. The van der Waals surface area contributed by atoms with Gasteiger partial charge in [-0.2, -0.15) is 0 Å². The summed E-state index contributed by atoms with van der Waals surface area (Å²) in [6.45, 7) is 4.05. The van der Waals surface area contributed by atoms with Crippen LogP contribution in [-0.4, -0.2) is 16.7 Å². The topological polar surface area (TPSA) is 66.4 Å². The predicted molar refractivity (Wildman–Crippen MR) is 82.2 cm³/mol. The number of rotatable bonds is 3. The predicted octanol–water partition coefficient (Wildman–Crippen LogP) is 3.36. The van der Waals surface area contributed by atoms with E-state index in [1.54, 1.807) is 0 Å². The largest absolute Gasteiger partial charge is 0.507 e. The van der Waals surface area contributed by atoms with Gasteiger partial charge in [-0.15, -0.1) is 0 Å². The van der Waals surface area contributed by atoms with Crippen LogP contribution in [0.2, 0.25) is 0 Å². The van der Waals surface area contributed by atoms with Crippen molar-refractivity contribution >= 4 is 17.3 Å². The van der Waals surface area contributed by atoms with Crippen molar-refractivity contribution in [1.82, 2.24) is 0 Å². The molecule has 1 aliphatic rings. The van der Waals surface area contributed by atoms with Crippen LogP contribution in [0.15, 0.2) is 41.8 Å². The van der Waals surface area contributed by atoms with Crippen molar-refractivity contribution in [3.8, 4) is 0 Å². The lowest BCUT2D eigenvalue weighted by Crippen LogP contribution is -2.20. The summed E-state index contributed by atoms with van der Waals surface area (Å²) in [4.78, 5) is 23.3. The van der Waals surface area contributed by atoms with E-state index < -0.39 is 0 Å². The zero-order chi connectivity index (χ0) is 15.4. The minimum atomic E-state index is -0.278. The minimum absolute atomic E-state index is 0.0700. The quantitative estimate of drug-likeness (QED) is 0.507. The maximum absolute atomic E-state index is 11.7. The van der Waals surface area contributed by atoms with Crippen LogP contribution in [0.25, 0.3) is 0 Å². The molecule has 0 atom stereocenters. The summed E-state index contributed by atoms with van der Waals surface area (Å²) in [6, 6.07) is 5.91. The Morgan fingerprint density at radius 2 is 1.81 bits per heavy atom. The van der Waals surface area contributed by atoms with Gasteiger partial charge in [0.05, 0.1) is 0 Å².